The second kappa shape index (κ2) is 7.99. The summed E-state index contributed by atoms with van der Waals surface area (Å²) >= 11 is 0. The molecule has 2 aromatic rings. The Bertz CT molecular complexity index is 853. The molecule has 0 aliphatic carbocycles. The molecule has 1 aliphatic heterocycles. The quantitative estimate of drug-likeness (QED) is 0.812. The van der Waals surface area contributed by atoms with Gasteiger partial charge >= 0.3 is 11.8 Å². The van der Waals surface area contributed by atoms with Crippen molar-refractivity contribution in [3.05, 3.63) is 59.9 Å². The zero-order valence-electron chi connectivity index (χ0n) is 15.1. The highest BCUT2D eigenvalue weighted by Crippen LogP contribution is 2.34. The van der Waals surface area contributed by atoms with Crippen molar-refractivity contribution in [3.8, 4) is 0 Å². The molecule has 3 N–H and O–H groups in total. The fourth-order valence-corrected chi connectivity index (χ4v) is 3.33. The Kier molecular flexibility index (Phi) is 5.49. The molecule has 0 spiro atoms. The first-order chi connectivity index (χ1) is 13.0. The molecule has 2 unspecified atom stereocenters. The summed E-state index contributed by atoms with van der Waals surface area (Å²) in [4.78, 5) is 42.0. The van der Waals surface area contributed by atoms with Gasteiger partial charge in [-0.15, -0.1) is 0 Å². The predicted octanol–water partition coefficient (Wildman–Crippen LogP) is 2.12. The number of primary amides is 1. The molecule has 2 atom stereocenters. The summed E-state index contributed by atoms with van der Waals surface area (Å²) in [5.74, 6) is -1.54. The molecule has 7 nitrogen and oxygen atoms in total. The van der Waals surface area contributed by atoms with Crippen molar-refractivity contribution in [2.24, 2.45) is 11.7 Å². The second-order valence-corrected chi connectivity index (χ2v) is 6.84. The Hall–Kier alpha value is -3.22. The van der Waals surface area contributed by atoms with Crippen LogP contribution in [0.1, 0.15) is 41.7 Å². The molecule has 0 bridgehead atoms. The van der Waals surface area contributed by atoms with Gasteiger partial charge in [-0.3, -0.25) is 19.4 Å². The lowest BCUT2D eigenvalue weighted by Crippen LogP contribution is -2.45. The van der Waals surface area contributed by atoms with Crippen LogP contribution in [0.25, 0.3) is 0 Å². The lowest BCUT2D eigenvalue weighted by atomic mass is 9.88. The van der Waals surface area contributed by atoms with Gasteiger partial charge in [0, 0.05) is 12.7 Å². The molecule has 1 aromatic carbocycles. The summed E-state index contributed by atoms with van der Waals surface area (Å²) in [6, 6.07) is 11.0. The zero-order valence-corrected chi connectivity index (χ0v) is 15.1. The van der Waals surface area contributed by atoms with Crippen LogP contribution in [0.3, 0.4) is 0 Å². The van der Waals surface area contributed by atoms with Crippen LogP contribution in [-0.2, 0) is 9.59 Å². The molecule has 3 rings (SSSR count). The van der Waals surface area contributed by atoms with Gasteiger partial charge in [0.2, 0.25) is 5.91 Å². The van der Waals surface area contributed by atoms with Crippen molar-refractivity contribution >= 4 is 23.4 Å². The van der Waals surface area contributed by atoms with E-state index in [9.17, 15) is 14.4 Å². The first kappa shape index (κ1) is 18.6. The first-order valence-electron chi connectivity index (χ1n) is 8.87. The fourth-order valence-electron chi connectivity index (χ4n) is 3.33. The molecule has 140 valence electrons. The predicted molar refractivity (Wildman–Crippen MR) is 101 cm³/mol. The van der Waals surface area contributed by atoms with Gasteiger partial charge in [-0.2, -0.15) is 0 Å². The van der Waals surface area contributed by atoms with Crippen LogP contribution in [0.15, 0.2) is 48.8 Å². The van der Waals surface area contributed by atoms with E-state index in [1.165, 1.54) is 18.5 Å². The minimum absolute atomic E-state index is 0.136. The second-order valence-electron chi connectivity index (χ2n) is 6.84. The van der Waals surface area contributed by atoms with Gasteiger partial charge in [-0.25, -0.2) is 0 Å². The molecule has 1 aliphatic rings. The third kappa shape index (κ3) is 4.31. The molecule has 0 radical (unpaired) electrons. The Morgan fingerprint density at radius 3 is 2.63 bits per heavy atom. The summed E-state index contributed by atoms with van der Waals surface area (Å²) in [6.45, 7) is 2.67. The number of benzene rings is 1. The highest BCUT2D eigenvalue weighted by Gasteiger charge is 2.34. The number of carbonyl (C=O) groups excluding carboxylic acids is 3. The van der Waals surface area contributed by atoms with Crippen molar-refractivity contribution in [2.45, 2.75) is 25.8 Å². The minimum Gasteiger partial charge on any atom is -0.366 e. The topological polar surface area (TPSA) is 105 Å². The van der Waals surface area contributed by atoms with E-state index in [0.717, 1.165) is 18.4 Å². The Morgan fingerprint density at radius 2 is 1.93 bits per heavy atom. The lowest BCUT2D eigenvalue weighted by molar-refractivity contribution is -0.146. The number of nitrogens with one attached hydrogen (secondary N) is 1. The van der Waals surface area contributed by atoms with Crippen molar-refractivity contribution in [3.63, 3.8) is 0 Å². The molecule has 7 heteroatoms. The number of aromatic nitrogens is 1. The normalized spacial score (nSPS) is 19.4. The van der Waals surface area contributed by atoms with Crippen LogP contribution in [0.4, 0.5) is 5.69 Å². The SMILES string of the molecule is CC1CCN(C(=O)C(=O)Nc2cncc(C(N)=O)c2)C(c2ccccc2)C1. The van der Waals surface area contributed by atoms with Crippen LogP contribution in [-0.4, -0.2) is 34.2 Å². The molecule has 2 heterocycles. The number of hydrogen-bond donors (Lipinski definition) is 2. The smallest absolute Gasteiger partial charge is 0.313 e. The van der Waals surface area contributed by atoms with E-state index in [1.807, 2.05) is 30.3 Å². The number of nitrogens with two attached hydrogens (primary N) is 1. The maximum absolute atomic E-state index is 12.8. The van der Waals surface area contributed by atoms with Crippen molar-refractivity contribution in [2.75, 3.05) is 11.9 Å². The van der Waals surface area contributed by atoms with Crippen LogP contribution >= 0.6 is 0 Å². The van der Waals surface area contributed by atoms with E-state index < -0.39 is 17.7 Å². The summed E-state index contributed by atoms with van der Waals surface area (Å²) in [5, 5.41) is 2.52. The van der Waals surface area contributed by atoms with Gasteiger partial charge in [0.1, 0.15) is 0 Å². The van der Waals surface area contributed by atoms with Gasteiger partial charge in [0.15, 0.2) is 0 Å². The van der Waals surface area contributed by atoms with Crippen LogP contribution in [0.5, 0.6) is 0 Å². The number of piperidine rings is 1. The molecule has 27 heavy (non-hydrogen) atoms. The van der Waals surface area contributed by atoms with E-state index in [-0.39, 0.29) is 17.3 Å². The monoisotopic (exact) mass is 366 g/mol. The third-order valence-electron chi connectivity index (χ3n) is 4.78. The Morgan fingerprint density at radius 1 is 1.19 bits per heavy atom. The molecular weight excluding hydrogens is 344 g/mol. The third-order valence-corrected chi connectivity index (χ3v) is 4.78. The van der Waals surface area contributed by atoms with Crippen molar-refractivity contribution in [1.29, 1.82) is 0 Å². The van der Waals surface area contributed by atoms with Crippen molar-refractivity contribution < 1.29 is 14.4 Å². The molecule has 1 saturated heterocycles. The van der Waals surface area contributed by atoms with Gasteiger partial charge in [-0.1, -0.05) is 37.3 Å². The summed E-state index contributed by atoms with van der Waals surface area (Å²) in [6.07, 6.45) is 4.32. The van der Waals surface area contributed by atoms with E-state index >= 15 is 0 Å². The molecule has 3 amide bonds. The number of carbonyl (C=O) groups is 3. The highest BCUT2D eigenvalue weighted by atomic mass is 16.2. The van der Waals surface area contributed by atoms with Gasteiger partial charge in [0.25, 0.3) is 0 Å². The average molecular weight is 366 g/mol. The van der Waals surface area contributed by atoms with Crippen LogP contribution < -0.4 is 11.1 Å². The molecule has 1 aromatic heterocycles. The minimum atomic E-state index is -0.756. The van der Waals surface area contributed by atoms with E-state index in [4.69, 9.17) is 5.73 Å². The van der Waals surface area contributed by atoms with E-state index in [1.54, 1.807) is 4.90 Å². The number of hydrogen-bond acceptors (Lipinski definition) is 4. The summed E-state index contributed by atoms with van der Waals surface area (Å²) in [7, 11) is 0. The molecule has 1 fully saturated rings. The van der Waals surface area contributed by atoms with E-state index in [0.29, 0.717) is 12.5 Å². The van der Waals surface area contributed by atoms with Crippen LogP contribution in [0, 0.1) is 5.92 Å². The number of pyridine rings is 1. The summed E-state index contributed by atoms with van der Waals surface area (Å²) < 4.78 is 0. The lowest BCUT2D eigenvalue weighted by Gasteiger charge is -2.38. The molecule has 0 saturated carbocycles. The van der Waals surface area contributed by atoms with Gasteiger partial charge in [0.05, 0.1) is 23.5 Å². The van der Waals surface area contributed by atoms with Crippen molar-refractivity contribution in [1.82, 2.24) is 9.88 Å². The number of likely N-dealkylation sites (tertiary alicyclic amines) is 1. The maximum atomic E-state index is 12.8. The standard InChI is InChI=1S/C20H22N4O3/c1-13-7-8-24(17(9-13)14-5-3-2-4-6-14)20(27)19(26)23-16-10-15(18(21)25)11-22-12-16/h2-6,10-13,17H,7-9H2,1H3,(H2,21,25)(H,23,26). The fraction of sp³-hybridized carbons (Fsp3) is 0.300. The summed E-state index contributed by atoms with van der Waals surface area (Å²) in [5.41, 5.74) is 6.65. The maximum Gasteiger partial charge on any atom is 0.313 e. The Labute approximate surface area is 157 Å². The number of nitrogens with zero attached hydrogens (tertiary/aromatic N) is 2. The van der Waals surface area contributed by atoms with Crippen LogP contribution in [0.2, 0.25) is 0 Å². The first-order valence-corrected chi connectivity index (χ1v) is 8.87. The number of rotatable bonds is 3. The number of anilines is 1. The zero-order chi connectivity index (χ0) is 19.4. The largest absolute Gasteiger partial charge is 0.366 e. The highest BCUT2D eigenvalue weighted by molar-refractivity contribution is 6.39. The average Bonchev–Trinajstić information content (AvgIpc) is 2.68. The Balaban J connectivity index is 1.77. The van der Waals surface area contributed by atoms with Gasteiger partial charge in [-0.05, 0) is 30.4 Å². The number of amides is 3. The van der Waals surface area contributed by atoms with E-state index in [2.05, 4.69) is 17.2 Å². The van der Waals surface area contributed by atoms with Gasteiger partial charge < -0.3 is 16.0 Å². The molecular formula is C20H22N4O3.